The highest BCUT2D eigenvalue weighted by Gasteiger charge is 2.45. The van der Waals surface area contributed by atoms with Gasteiger partial charge in [-0.15, -0.1) is 0 Å². The van der Waals surface area contributed by atoms with Gasteiger partial charge in [-0.2, -0.15) is 4.98 Å². The van der Waals surface area contributed by atoms with Crippen LogP contribution in [-0.4, -0.2) is 46.8 Å². The van der Waals surface area contributed by atoms with Gasteiger partial charge in [-0.1, -0.05) is 20.8 Å². The summed E-state index contributed by atoms with van der Waals surface area (Å²) in [5, 5.41) is 10.7. The van der Waals surface area contributed by atoms with E-state index in [-0.39, 0.29) is 35.4 Å². The number of hydrogen-bond acceptors (Lipinski definition) is 6. The van der Waals surface area contributed by atoms with Crippen molar-refractivity contribution in [2.45, 2.75) is 63.8 Å². The lowest BCUT2D eigenvalue weighted by Crippen LogP contribution is -2.46. The van der Waals surface area contributed by atoms with E-state index in [2.05, 4.69) is 43.8 Å². The number of nitrogen functional groups attached to an aromatic ring is 1. The Morgan fingerprint density at radius 3 is 2.73 bits per heavy atom. The van der Waals surface area contributed by atoms with Gasteiger partial charge in [-0.3, -0.25) is 0 Å². The zero-order chi connectivity index (χ0) is 19.3. The SMILES string of the molecule is CC(C)(C)[Si](C)(C)O[C@H]1C[C@H](n2ccc3c(N)nc(Cl)nc32)O[C@@H]1CO. The quantitative estimate of drug-likeness (QED) is 0.605. The predicted molar refractivity (Wildman–Crippen MR) is 105 cm³/mol. The van der Waals surface area contributed by atoms with E-state index in [1.54, 1.807) is 0 Å². The van der Waals surface area contributed by atoms with Gasteiger partial charge < -0.3 is 24.6 Å². The summed E-state index contributed by atoms with van der Waals surface area (Å²) >= 11 is 5.97. The number of halogens is 1. The van der Waals surface area contributed by atoms with Crippen LogP contribution in [0.2, 0.25) is 23.4 Å². The Labute approximate surface area is 159 Å². The second kappa shape index (κ2) is 6.76. The monoisotopic (exact) mass is 398 g/mol. The molecule has 0 aromatic carbocycles. The lowest BCUT2D eigenvalue weighted by molar-refractivity contribution is -0.0408. The zero-order valence-corrected chi connectivity index (χ0v) is 17.6. The number of anilines is 1. The number of nitrogens with zero attached hydrogens (tertiary/aromatic N) is 3. The van der Waals surface area contributed by atoms with E-state index in [1.165, 1.54) is 0 Å². The molecular formula is C17H27ClN4O3Si. The van der Waals surface area contributed by atoms with Gasteiger partial charge >= 0.3 is 0 Å². The summed E-state index contributed by atoms with van der Waals surface area (Å²) in [6.07, 6.45) is 1.65. The van der Waals surface area contributed by atoms with Crippen LogP contribution in [0.15, 0.2) is 12.3 Å². The minimum absolute atomic E-state index is 0.0838. The minimum Gasteiger partial charge on any atom is -0.411 e. The van der Waals surface area contributed by atoms with Crippen molar-refractivity contribution in [2.24, 2.45) is 0 Å². The molecule has 3 atom stereocenters. The smallest absolute Gasteiger partial charge is 0.226 e. The van der Waals surface area contributed by atoms with Crippen LogP contribution < -0.4 is 5.73 Å². The maximum atomic E-state index is 9.79. The van der Waals surface area contributed by atoms with Gasteiger partial charge in [-0.25, -0.2) is 4.98 Å². The van der Waals surface area contributed by atoms with Crippen molar-refractivity contribution in [2.75, 3.05) is 12.3 Å². The summed E-state index contributed by atoms with van der Waals surface area (Å²) in [4.78, 5) is 8.28. The number of nitrogens with two attached hydrogens (primary N) is 1. The van der Waals surface area contributed by atoms with Crippen LogP contribution in [0.3, 0.4) is 0 Å². The van der Waals surface area contributed by atoms with Gasteiger partial charge in [0.1, 0.15) is 23.8 Å². The van der Waals surface area contributed by atoms with Crippen molar-refractivity contribution in [3.8, 4) is 0 Å². The molecular weight excluding hydrogens is 372 g/mol. The van der Waals surface area contributed by atoms with Crippen molar-refractivity contribution in [1.82, 2.24) is 14.5 Å². The predicted octanol–water partition coefficient (Wildman–Crippen LogP) is 3.34. The molecule has 1 saturated heterocycles. The van der Waals surface area contributed by atoms with Crippen LogP contribution in [0.5, 0.6) is 0 Å². The second-order valence-corrected chi connectivity index (χ2v) is 13.4. The number of aliphatic hydroxyl groups is 1. The van der Waals surface area contributed by atoms with E-state index >= 15 is 0 Å². The summed E-state index contributed by atoms with van der Waals surface area (Å²) in [7, 11) is -1.98. The summed E-state index contributed by atoms with van der Waals surface area (Å²) in [6.45, 7) is 10.9. The molecule has 144 valence electrons. The molecule has 0 saturated carbocycles. The molecule has 0 unspecified atom stereocenters. The highest BCUT2D eigenvalue weighted by Crippen LogP contribution is 2.41. The first-order chi connectivity index (χ1) is 12.0. The number of aliphatic hydroxyl groups excluding tert-OH is 1. The Hall–Kier alpha value is -1.19. The van der Waals surface area contributed by atoms with E-state index in [4.69, 9.17) is 26.5 Å². The fourth-order valence-electron chi connectivity index (χ4n) is 2.98. The number of fused-ring (bicyclic) bond motifs is 1. The first kappa shape index (κ1) is 19.6. The molecule has 7 nitrogen and oxygen atoms in total. The van der Waals surface area contributed by atoms with Crippen LogP contribution >= 0.6 is 11.6 Å². The van der Waals surface area contributed by atoms with Gasteiger partial charge in [0.05, 0.1) is 18.1 Å². The van der Waals surface area contributed by atoms with Gasteiger partial charge in [0.15, 0.2) is 8.32 Å². The fourth-order valence-corrected chi connectivity index (χ4v) is 4.51. The Morgan fingerprint density at radius 2 is 2.12 bits per heavy atom. The lowest BCUT2D eigenvalue weighted by atomic mass is 10.2. The molecule has 2 aromatic rings. The summed E-state index contributed by atoms with van der Waals surface area (Å²) in [6, 6.07) is 1.85. The molecule has 3 N–H and O–H groups in total. The first-order valence-corrected chi connectivity index (χ1v) is 12.1. The second-order valence-electron chi connectivity index (χ2n) is 8.30. The van der Waals surface area contributed by atoms with Crippen molar-refractivity contribution in [3.63, 3.8) is 0 Å². The van der Waals surface area contributed by atoms with Crippen LogP contribution in [0.25, 0.3) is 11.0 Å². The molecule has 1 aliphatic heterocycles. The Morgan fingerprint density at radius 1 is 1.42 bits per heavy atom. The van der Waals surface area contributed by atoms with Crippen molar-refractivity contribution >= 4 is 36.8 Å². The van der Waals surface area contributed by atoms with Crippen molar-refractivity contribution < 1.29 is 14.3 Å². The van der Waals surface area contributed by atoms with Gasteiger partial charge in [0, 0.05) is 12.6 Å². The van der Waals surface area contributed by atoms with Crippen LogP contribution in [-0.2, 0) is 9.16 Å². The molecule has 9 heteroatoms. The molecule has 0 bridgehead atoms. The molecule has 0 spiro atoms. The summed E-state index contributed by atoms with van der Waals surface area (Å²) < 4.78 is 14.5. The molecule has 0 amide bonds. The third-order valence-electron chi connectivity index (χ3n) is 5.50. The van der Waals surface area contributed by atoms with E-state index in [9.17, 15) is 5.11 Å². The van der Waals surface area contributed by atoms with Crippen molar-refractivity contribution in [3.05, 3.63) is 17.5 Å². The topological polar surface area (TPSA) is 95.4 Å². The third kappa shape index (κ3) is 3.48. The van der Waals surface area contributed by atoms with Crippen LogP contribution in [0, 0.1) is 0 Å². The van der Waals surface area contributed by atoms with Crippen molar-refractivity contribution in [1.29, 1.82) is 0 Å². The molecule has 26 heavy (non-hydrogen) atoms. The Bertz CT molecular complexity index is 805. The average molecular weight is 399 g/mol. The normalized spacial score (nSPS) is 24.5. The van der Waals surface area contributed by atoms with E-state index < -0.39 is 8.32 Å². The number of rotatable bonds is 4. The van der Waals surface area contributed by atoms with Gasteiger partial charge in [0.2, 0.25) is 5.28 Å². The van der Waals surface area contributed by atoms with E-state index in [1.807, 2.05) is 16.8 Å². The molecule has 1 aliphatic rings. The molecule has 0 radical (unpaired) electrons. The van der Waals surface area contributed by atoms with Crippen LogP contribution in [0.4, 0.5) is 5.82 Å². The highest BCUT2D eigenvalue weighted by atomic mass is 35.5. The lowest BCUT2D eigenvalue weighted by Gasteiger charge is -2.39. The summed E-state index contributed by atoms with van der Waals surface area (Å²) in [5.74, 6) is 0.338. The maximum Gasteiger partial charge on any atom is 0.226 e. The Balaban J connectivity index is 1.88. The molecule has 0 aliphatic carbocycles. The van der Waals surface area contributed by atoms with E-state index in [0.717, 1.165) is 5.39 Å². The van der Waals surface area contributed by atoms with Gasteiger partial charge in [-0.05, 0) is 35.8 Å². The highest BCUT2D eigenvalue weighted by molar-refractivity contribution is 6.74. The van der Waals surface area contributed by atoms with Crippen LogP contribution in [0.1, 0.15) is 33.4 Å². The standard InChI is InChI=1S/C17H27ClN4O3Si/c1-17(2,3)26(4,5)25-11-8-13(24-12(11)9-23)22-7-6-10-14(19)20-16(18)21-15(10)22/h6-7,11-13,23H,8-9H2,1-5H3,(H2,19,20,21)/t11-,12+,13+/m0/s1. The third-order valence-corrected chi connectivity index (χ3v) is 10.2. The number of ether oxygens (including phenoxy) is 1. The van der Waals surface area contributed by atoms with Gasteiger partial charge in [0.25, 0.3) is 0 Å². The number of aromatic nitrogens is 3. The molecule has 1 fully saturated rings. The number of hydrogen-bond donors (Lipinski definition) is 2. The first-order valence-electron chi connectivity index (χ1n) is 8.77. The fraction of sp³-hybridized carbons (Fsp3) is 0.647. The molecule has 3 heterocycles. The maximum absolute atomic E-state index is 9.79. The molecule has 3 rings (SSSR count). The Kier molecular flexibility index (Phi) is 5.09. The summed E-state index contributed by atoms with van der Waals surface area (Å²) in [5.41, 5.74) is 6.55. The largest absolute Gasteiger partial charge is 0.411 e. The minimum atomic E-state index is -1.98. The molecule has 2 aromatic heterocycles. The zero-order valence-electron chi connectivity index (χ0n) is 15.9. The average Bonchev–Trinajstić information content (AvgIpc) is 3.09. The van der Waals surface area contributed by atoms with E-state index in [0.29, 0.717) is 17.9 Å².